The van der Waals surface area contributed by atoms with Gasteiger partial charge in [0.2, 0.25) is 0 Å². The number of aromatic carboxylic acids is 1. The second-order valence-corrected chi connectivity index (χ2v) is 5.36. The molecule has 2 heterocycles. The number of aromatic nitrogens is 2. The van der Waals surface area contributed by atoms with E-state index in [1.165, 1.54) is 13.3 Å². The smallest absolute Gasteiger partial charge is 0.354 e. The molecule has 0 saturated heterocycles. The maximum Gasteiger partial charge on any atom is 0.354 e. The third-order valence-corrected chi connectivity index (χ3v) is 3.99. The van der Waals surface area contributed by atoms with E-state index >= 15 is 0 Å². The van der Waals surface area contributed by atoms with E-state index in [9.17, 15) is 9.90 Å². The van der Waals surface area contributed by atoms with Crippen LogP contribution in [0, 0.1) is 0 Å². The minimum absolute atomic E-state index is 0.0312. The Labute approximate surface area is 129 Å². The molecule has 2 N–H and O–H groups in total. The van der Waals surface area contributed by atoms with Gasteiger partial charge in [-0.3, -0.25) is 0 Å². The van der Waals surface area contributed by atoms with E-state index < -0.39 is 5.97 Å². The van der Waals surface area contributed by atoms with Gasteiger partial charge in [-0.1, -0.05) is 23.2 Å². The van der Waals surface area contributed by atoms with Gasteiger partial charge in [0.25, 0.3) is 0 Å². The Morgan fingerprint density at radius 1 is 1.33 bits per heavy atom. The van der Waals surface area contributed by atoms with E-state index in [-0.39, 0.29) is 12.3 Å². The van der Waals surface area contributed by atoms with Crippen LogP contribution in [0.5, 0.6) is 0 Å². The first-order valence-electron chi connectivity index (χ1n) is 6.03. The van der Waals surface area contributed by atoms with E-state index in [0.717, 1.165) is 16.3 Å². The number of hydrogen-bond acceptors (Lipinski definition) is 3. The number of carboxylic acid groups (broad SMARTS) is 1. The fourth-order valence-corrected chi connectivity index (χ4v) is 2.75. The molecule has 3 rings (SSSR count). The molecule has 2 aromatic heterocycles. The van der Waals surface area contributed by atoms with Crippen LogP contribution in [-0.4, -0.2) is 28.2 Å². The molecule has 0 radical (unpaired) electrons. The summed E-state index contributed by atoms with van der Waals surface area (Å²) in [5.41, 5.74) is 1.95. The summed E-state index contributed by atoms with van der Waals surface area (Å²) >= 11 is 12.1. The number of fused-ring (bicyclic) bond motifs is 3. The summed E-state index contributed by atoms with van der Waals surface area (Å²) in [5, 5.41) is 11.6. The lowest BCUT2D eigenvalue weighted by Crippen LogP contribution is -2.06. The Kier molecular flexibility index (Phi) is 3.49. The predicted octanol–water partition coefficient (Wildman–Crippen LogP) is 3.87. The van der Waals surface area contributed by atoms with Crippen molar-refractivity contribution in [2.24, 2.45) is 0 Å². The highest BCUT2D eigenvalue weighted by Crippen LogP contribution is 2.35. The van der Waals surface area contributed by atoms with Gasteiger partial charge in [0, 0.05) is 29.0 Å². The van der Waals surface area contributed by atoms with Gasteiger partial charge in [0.05, 0.1) is 28.4 Å². The van der Waals surface area contributed by atoms with Gasteiger partial charge in [0.1, 0.15) is 0 Å². The van der Waals surface area contributed by atoms with E-state index in [2.05, 4.69) is 9.97 Å². The topological polar surface area (TPSA) is 75.2 Å². The molecule has 0 atom stereocenters. The van der Waals surface area contributed by atoms with Crippen LogP contribution in [0.4, 0.5) is 0 Å². The van der Waals surface area contributed by atoms with Crippen LogP contribution >= 0.6 is 23.2 Å². The van der Waals surface area contributed by atoms with E-state index in [1.807, 2.05) is 0 Å². The van der Waals surface area contributed by atoms with Crippen LogP contribution < -0.4 is 0 Å². The van der Waals surface area contributed by atoms with Crippen molar-refractivity contribution >= 4 is 51.0 Å². The minimum atomic E-state index is -1.10. The molecule has 1 aromatic carbocycles. The Hall–Kier alpha value is -1.82. The number of halogens is 2. The maximum absolute atomic E-state index is 11.3. The number of aromatic amines is 1. The number of nitrogens with one attached hydrogen (secondary N) is 1. The zero-order valence-electron chi connectivity index (χ0n) is 10.9. The number of hydrogen-bond donors (Lipinski definition) is 2. The van der Waals surface area contributed by atoms with Gasteiger partial charge >= 0.3 is 5.97 Å². The standard InChI is InChI=1S/C14H10Cl2N2O3/c1-21-5-7-12-6-2-8(15)9(16)3-10(6)18-11(12)4-17-13(7)14(19)20/h2-4,18H,5H2,1H3,(H,19,20). The first-order chi connectivity index (χ1) is 10.0. The second-order valence-electron chi connectivity index (χ2n) is 4.55. The Balaban J connectivity index is 2.47. The van der Waals surface area contributed by atoms with E-state index in [4.69, 9.17) is 27.9 Å². The molecular weight excluding hydrogens is 315 g/mol. The minimum Gasteiger partial charge on any atom is -0.477 e. The van der Waals surface area contributed by atoms with Crippen LogP contribution in [-0.2, 0) is 11.3 Å². The summed E-state index contributed by atoms with van der Waals surface area (Å²) in [6.07, 6.45) is 1.49. The molecule has 3 aromatic rings. The molecule has 0 amide bonds. The average molecular weight is 325 g/mol. The number of ether oxygens (including phenoxy) is 1. The van der Waals surface area contributed by atoms with Gasteiger partial charge in [-0.15, -0.1) is 0 Å². The van der Waals surface area contributed by atoms with Crippen LogP contribution in [0.3, 0.4) is 0 Å². The van der Waals surface area contributed by atoms with Gasteiger partial charge < -0.3 is 14.8 Å². The number of H-pyrrole nitrogens is 1. The lowest BCUT2D eigenvalue weighted by Gasteiger charge is -2.06. The quantitative estimate of drug-likeness (QED) is 0.766. The number of rotatable bonds is 3. The monoisotopic (exact) mass is 324 g/mol. The lowest BCUT2D eigenvalue weighted by atomic mass is 10.1. The van der Waals surface area contributed by atoms with E-state index in [1.54, 1.807) is 12.1 Å². The summed E-state index contributed by atoms with van der Waals surface area (Å²) < 4.78 is 5.12. The molecular formula is C14H10Cl2N2O3. The summed E-state index contributed by atoms with van der Waals surface area (Å²) in [4.78, 5) is 18.5. The molecule has 21 heavy (non-hydrogen) atoms. The summed E-state index contributed by atoms with van der Waals surface area (Å²) in [6, 6.07) is 3.42. The van der Waals surface area contributed by atoms with Gasteiger partial charge in [-0.2, -0.15) is 0 Å². The SMILES string of the molecule is COCc1c(C(=O)O)ncc2[nH]c3cc(Cl)c(Cl)cc3c12. The Morgan fingerprint density at radius 3 is 2.71 bits per heavy atom. The van der Waals surface area contributed by atoms with E-state index in [0.29, 0.717) is 21.1 Å². The van der Waals surface area contributed by atoms with Crippen molar-refractivity contribution in [2.45, 2.75) is 6.61 Å². The first-order valence-corrected chi connectivity index (χ1v) is 6.79. The molecule has 5 nitrogen and oxygen atoms in total. The number of nitrogens with zero attached hydrogens (tertiary/aromatic N) is 1. The van der Waals surface area contributed by atoms with Crippen molar-refractivity contribution < 1.29 is 14.6 Å². The third-order valence-electron chi connectivity index (χ3n) is 3.27. The number of benzene rings is 1. The number of carboxylic acids is 1. The summed E-state index contributed by atoms with van der Waals surface area (Å²) in [7, 11) is 1.50. The second kappa shape index (κ2) is 5.18. The molecule has 7 heteroatoms. The molecule has 0 bridgehead atoms. The largest absolute Gasteiger partial charge is 0.477 e. The average Bonchev–Trinajstić information content (AvgIpc) is 2.77. The van der Waals surface area contributed by atoms with Crippen molar-refractivity contribution in [3.8, 4) is 0 Å². The summed E-state index contributed by atoms with van der Waals surface area (Å²) in [6.45, 7) is 0.138. The van der Waals surface area contributed by atoms with Gasteiger partial charge in [-0.25, -0.2) is 9.78 Å². The number of methoxy groups -OCH3 is 1. The lowest BCUT2D eigenvalue weighted by molar-refractivity contribution is 0.0685. The van der Waals surface area contributed by atoms with Crippen LogP contribution in [0.2, 0.25) is 10.0 Å². The first kappa shape index (κ1) is 14.1. The van der Waals surface area contributed by atoms with Crippen molar-refractivity contribution in [3.63, 3.8) is 0 Å². The summed E-state index contributed by atoms with van der Waals surface area (Å²) in [5.74, 6) is -1.10. The molecule has 0 unspecified atom stereocenters. The highest BCUT2D eigenvalue weighted by Gasteiger charge is 2.19. The van der Waals surface area contributed by atoms with Gasteiger partial charge in [-0.05, 0) is 12.1 Å². The highest BCUT2D eigenvalue weighted by atomic mass is 35.5. The van der Waals surface area contributed by atoms with Crippen molar-refractivity contribution in [1.82, 2.24) is 9.97 Å². The molecule has 0 fully saturated rings. The van der Waals surface area contributed by atoms with Crippen molar-refractivity contribution in [2.75, 3.05) is 7.11 Å². The van der Waals surface area contributed by atoms with Crippen LogP contribution in [0.1, 0.15) is 16.1 Å². The zero-order valence-corrected chi connectivity index (χ0v) is 12.4. The molecule has 0 spiro atoms. The predicted molar refractivity (Wildman–Crippen MR) is 81.3 cm³/mol. The van der Waals surface area contributed by atoms with Crippen LogP contribution in [0.15, 0.2) is 18.3 Å². The molecule has 0 aliphatic carbocycles. The molecule has 0 aliphatic rings. The Morgan fingerprint density at radius 2 is 2.05 bits per heavy atom. The third kappa shape index (κ3) is 2.23. The number of pyridine rings is 1. The normalized spacial score (nSPS) is 11.4. The highest BCUT2D eigenvalue weighted by molar-refractivity contribution is 6.43. The molecule has 0 aliphatic heterocycles. The fraction of sp³-hybridized carbons (Fsp3) is 0.143. The number of carbonyl (C=O) groups is 1. The van der Waals surface area contributed by atoms with Crippen molar-refractivity contribution in [1.29, 1.82) is 0 Å². The van der Waals surface area contributed by atoms with Crippen LogP contribution in [0.25, 0.3) is 21.8 Å². The molecule has 0 saturated carbocycles. The fourth-order valence-electron chi connectivity index (χ4n) is 2.43. The van der Waals surface area contributed by atoms with Crippen molar-refractivity contribution in [3.05, 3.63) is 39.6 Å². The van der Waals surface area contributed by atoms with Gasteiger partial charge in [0.15, 0.2) is 5.69 Å². The molecule has 108 valence electrons. The maximum atomic E-state index is 11.3. The zero-order chi connectivity index (χ0) is 15.1. The Bertz CT molecular complexity index is 874.